The Kier molecular flexibility index (Phi) is 5.80. The largest absolute Gasteiger partial charge is 0.416 e. The fraction of sp³-hybridized carbons (Fsp3) is 0.208. The number of benzene rings is 2. The number of aryl methyl sites for hydroxylation is 2. The predicted molar refractivity (Wildman–Crippen MR) is 118 cm³/mol. The summed E-state index contributed by atoms with van der Waals surface area (Å²) in [6, 6.07) is 12.7. The van der Waals surface area contributed by atoms with Crippen molar-refractivity contribution >= 4 is 16.8 Å². The third-order valence-electron chi connectivity index (χ3n) is 5.40. The second-order valence-corrected chi connectivity index (χ2v) is 7.58. The smallest absolute Gasteiger partial charge is 0.348 e. The standard InChI is InChI=1S/C24H21F3N4O2/c1-3-30-14-17(15(2)29-30)13-28-22(32)20-11-16-7-4-5-10-21(16)31(23(20)33)19-9-6-8-18(12-19)24(25,26)27/h4-12,14H,3,13H2,1-2H3,(H,28,32). The van der Waals surface area contributed by atoms with Gasteiger partial charge in [-0.25, -0.2) is 0 Å². The minimum atomic E-state index is -4.56. The van der Waals surface area contributed by atoms with Crippen molar-refractivity contribution in [1.82, 2.24) is 19.7 Å². The van der Waals surface area contributed by atoms with Crippen molar-refractivity contribution < 1.29 is 18.0 Å². The molecule has 0 aliphatic carbocycles. The summed E-state index contributed by atoms with van der Waals surface area (Å²) in [4.78, 5) is 26.3. The van der Waals surface area contributed by atoms with E-state index in [0.29, 0.717) is 17.4 Å². The Hall–Kier alpha value is -3.88. The van der Waals surface area contributed by atoms with Crippen LogP contribution in [0.1, 0.15) is 34.1 Å². The topological polar surface area (TPSA) is 68.9 Å². The van der Waals surface area contributed by atoms with Gasteiger partial charge in [-0.2, -0.15) is 18.3 Å². The number of amides is 1. The van der Waals surface area contributed by atoms with Gasteiger partial charge in [0.1, 0.15) is 5.56 Å². The molecule has 2 heterocycles. The second kappa shape index (κ2) is 8.57. The Morgan fingerprint density at radius 2 is 1.85 bits per heavy atom. The van der Waals surface area contributed by atoms with Gasteiger partial charge in [-0.1, -0.05) is 24.3 Å². The van der Waals surface area contributed by atoms with Crippen LogP contribution in [-0.4, -0.2) is 20.3 Å². The van der Waals surface area contributed by atoms with Gasteiger partial charge in [-0.15, -0.1) is 0 Å². The van der Waals surface area contributed by atoms with Gasteiger partial charge in [0.05, 0.1) is 16.8 Å². The molecule has 0 unspecified atom stereocenters. The number of carbonyl (C=O) groups is 1. The lowest BCUT2D eigenvalue weighted by atomic mass is 10.1. The summed E-state index contributed by atoms with van der Waals surface area (Å²) in [5.41, 5.74) is 0.257. The minimum absolute atomic E-state index is 0.0285. The number of carbonyl (C=O) groups excluding carboxylic acids is 1. The molecule has 0 fully saturated rings. The van der Waals surface area contributed by atoms with Crippen molar-refractivity contribution in [2.45, 2.75) is 33.1 Å². The van der Waals surface area contributed by atoms with Gasteiger partial charge in [0, 0.05) is 30.5 Å². The second-order valence-electron chi connectivity index (χ2n) is 7.58. The Morgan fingerprint density at radius 1 is 1.09 bits per heavy atom. The van der Waals surface area contributed by atoms with E-state index in [0.717, 1.165) is 28.0 Å². The van der Waals surface area contributed by atoms with E-state index in [4.69, 9.17) is 0 Å². The number of fused-ring (bicyclic) bond motifs is 1. The summed E-state index contributed by atoms with van der Waals surface area (Å²) < 4.78 is 42.7. The third kappa shape index (κ3) is 4.39. The molecule has 0 aliphatic heterocycles. The molecule has 4 rings (SSSR count). The molecule has 6 nitrogen and oxygen atoms in total. The van der Waals surface area contributed by atoms with Crippen LogP contribution in [0.3, 0.4) is 0 Å². The van der Waals surface area contributed by atoms with Crippen LogP contribution in [0.15, 0.2) is 65.6 Å². The van der Waals surface area contributed by atoms with Gasteiger partial charge in [-0.05, 0) is 49.6 Å². The number of alkyl halides is 3. The minimum Gasteiger partial charge on any atom is -0.348 e. The SMILES string of the molecule is CCn1cc(CNC(=O)c2cc3ccccc3n(-c3cccc(C(F)(F)F)c3)c2=O)c(C)n1. The van der Waals surface area contributed by atoms with Crippen molar-refractivity contribution in [3.8, 4) is 5.69 Å². The van der Waals surface area contributed by atoms with Gasteiger partial charge in [0.2, 0.25) is 0 Å². The number of aromatic nitrogens is 3. The van der Waals surface area contributed by atoms with E-state index in [1.165, 1.54) is 18.2 Å². The summed E-state index contributed by atoms with van der Waals surface area (Å²) in [7, 11) is 0. The molecule has 0 radical (unpaired) electrons. The maximum absolute atomic E-state index is 13.3. The lowest BCUT2D eigenvalue weighted by molar-refractivity contribution is -0.137. The Balaban J connectivity index is 1.78. The number of nitrogens with zero attached hydrogens (tertiary/aromatic N) is 3. The first kappa shape index (κ1) is 22.3. The Morgan fingerprint density at radius 3 is 2.55 bits per heavy atom. The quantitative estimate of drug-likeness (QED) is 0.484. The number of hydrogen-bond donors (Lipinski definition) is 1. The average molecular weight is 454 g/mol. The van der Waals surface area contributed by atoms with Crippen LogP contribution in [0, 0.1) is 6.92 Å². The van der Waals surface area contributed by atoms with Crippen LogP contribution >= 0.6 is 0 Å². The predicted octanol–water partition coefficient (Wildman–Crippen LogP) is 4.46. The molecule has 33 heavy (non-hydrogen) atoms. The Bertz CT molecular complexity index is 1400. The lowest BCUT2D eigenvalue weighted by Gasteiger charge is -2.15. The van der Waals surface area contributed by atoms with Gasteiger partial charge in [0.25, 0.3) is 11.5 Å². The van der Waals surface area contributed by atoms with Crippen LogP contribution in [0.4, 0.5) is 13.2 Å². The zero-order chi connectivity index (χ0) is 23.8. The van der Waals surface area contributed by atoms with Crippen molar-refractivity contribution in [2.75, 3.05) is 0 Å². The maximum atomic E-state index is 13.3. The molecule has 170 valence electrons. The first-order valence-corrected chi connectivity index (χ1v) is 10.3. The van der Waals surface area contributed by atoms with Gasteiger partial charge in [0.15, 0.2) is 0 Å². The molecule has 0 atom stereocenters. The van der Waals surface area contributed by atoms with Crippen LogP contribution in [0.2, 0.25) is 0 Å². The first-order valence-electron chi connectivity index (χ1n) is 10.3. The van der Waals surface area contributed by atoms with Crippen molar-refractivity contribution in [1.29, 1.82) is 0 Å². The van der Waals surface area contributed by atoms with E-state index < -0.39 is 23.2 Å². The summed E-state index contributed by atoms with van der Waals surface area (Å²) in [6.07, 6.45) is -2.75. The molecule has 0 bridgehead atoms. The van der Waals surface area contributed by atoms with E-state index in [9.17, 15) is 22.8 Å². The molecule has 9 heteroatoms. The highest BCUT2D eigenvalue weighted by Crippen LogP contribution is 2.30. The van der Waals surface area contributed by atoms with E-state index >= 15 is 0 Å². The van der Waals surface area contributed by atoms with Crippen LogP contribution < -0.4 is 10.9 Å². The van der Waals surface area contributed by atoms with Gasteiger partial charge in [-0.3, -0.25) is 18.8 Å². The number of pyridine rings is 1. The molecule has 0 saturated carbocycles. The van der Waals surface area contributed by atoms with Crippen molar-refractivity contribution in [2.24, 2.45) is 0 Å². The van der Waals surface area contributed by atoms with Crippen LogP contribution in [0.5, 0.6) is 0 Å². The zero-order valence-electron chi connectivity index (χ0n) is 18.0. The molecule has 1 amide bonds. The Labute approximate surface area is 187 Å². The number of rotatable bonds is 5. The van der Waals surface area contributed by atoms with E-state index in [2.05, 4.69) is 10.4 Å². The highest BCUT2D eigenvalue weighted by molar-refractivity contribution is 5.97. The molecule has 4 aromatic rings. The fourth-order valence-corrected chi connectivity index (χ4v) is 3.67. The van der Waals surface area contributed by atoms with Crippen LogP contribution in [0.25, 0.3) is 16.6 Å². The number of para-hydroxylation sites is 1. The summed E-state index contributed by atoms with van der Waals surface area (Å²) in [6.45, 7) is 4.62. The molecular weight excluding hydrogens is 433 g/mol. The third-order valence-corrected chi connectivity index (χ3v) is 5.40. The van der Waals surface area contributed by atoms with Crippen molar-refractivity contribution in [3.05, 3.63) is 93.5 Å². The van der Waals surface area contributed by atoms with E-state index in [1.807, 2.05) is 20.0 Å². The number of nitrogens with one attached hydrogen (secondary N) is 1. The molecule has 0 saturated heterocycles. The molecule has 2 aromatic carbocycles. The van der Waals surface area contributed by atoms with E-state index in [-0.39, 0.29) is 17.8 Å². The monoisotopic (exact) mass is 454 g/mol. The molecule has 0 spiro atoms. The maximum Gasteiger partial charge on any atom is 0.416 e. The summed E-state index contributed by atoms with van der Waals surface area (Å²) in [5.74, 6) is -0.616. The average Bonchev–Trinajstić information content (AvgIpc) is 3.16. The molecule has 2 aromatic heterocycles. The van der Waals surface area contributed by atoms with Crippen molar-refractivity contribution in [3.63, 3.8) is 0 Å². The highest BCUT2D eigenvalue weighted by atomic mass is 19.4. The lowest BCUT2D eigenvalue weighted by Crippen LogP contribution is -2.32. The normalized spacial score (nSPS) is 11.7. The molecular formula is C24H21F3N4O2. The van der Waals surface area contributed by atoms with Crippen LogP contribution in [-0.2, 0) is 19.3 Å². The fourth-order valence-electron chi connectivity index (χ4n) is 3.67. The van der Waals surface area contributed by atoms with Gasteiger partial charge >= 0.3 is 6.18 Å². The summed E-state index contributed by atoms with van der Waals surface area (Å²) >= 11 is 0. The molecule has 1 N–H and O–H groups in total. The zero-order valence-corrected chi connectivity index (χ0v) is 18.0. The first-order chi connectivity index (χ1) is 15.7. The molecule has 0 aliphatic rings. The highest BCUT2D eigenvalue weighted by Gasteiger charge is 2.31. The van der Waals surface area contributed by atoms with Gasteiger partial charge < -0.3 is 5.32 Å². The summed E-state index contributed by atoms with van der Waals surface area (Å²) in [5, 5.41) is 7.61. The number of hydrogen-bond acceptors (Lipinski definition) is 3. The van der Waals surface area contributed by atoms with E-state index in [1.54, 1.807) is 28.9 Å². The number of halogens is 3.